The Bertz CT molecular complexity index is 1290. The normalized spacial score (nSPS) is 11.5. The molecule has 1 N–H and O–H groups in total. The van der Waals surface area contributed by atoms with Crippen molar-refractivity contribution in [1.82, 2.24) is 14.5 Å². The number of nitrogens with one attached hydrogen (secondary N) is 1. The van der Waals surface area contributed by atoms with Crippen molar-refractivity contribution in [3.05, 3.63) is 72.4 Å². The van der Waals surface area contributed by atoms with Crippen LogP contribution in [0.1, 0.15) is 26.5 Å². The number of amides is 1. The highest BCUT2D eigenvalue weighted by atomic mass is 19.1. The van der Waals surface area contributed by atoms with E-state index in [1.165, 1.54) is 19.2 Å². The zero-order valence-corrected chi connectivity index (χ0v) is 18.5. The highest BCUT2D eigenvalue weighted by molar-refractivity contribution is 5.96. The lowest BCUT2D eigenvalue weighted by Crippen LogP contribution is -2.27. The van der Waals surface area contributed by atoms with E-state index in [0.717, 1.165) is 28.0 Å². The van der Waals surface area contributed by atoms with Crippen LogP contribution in [0.5, 0.6) is 5.75 Å². The van der Waals surface area contributed by atoms with Crippen molar-refractivity contribution in [1.29, 1.82) is 0 Å². The summed E-state index contributed by atoms with van der Waals surface area (Å²) >= 11 is 0. The topological polar surface area (TPSA) is 69.0 Å². The van der Waals surface area contributed by atoms with Crippen LogP contribution in [0.3, 0.4) is 0 Å². The number of ether oxygens (including phenoxy) is 1. The molecule has 0 saturated heterocycles. The Kier molecular flexibility index (Phi) is 5.65. The molecular formula is C25H25FN4O2. The number of nitrogens with zero attached hydrogens (tertiary/aromatic N) is 3. The van der Waals surface area contributed by atoms with Gasteiger partial charge in [-0.1, -0.05) is 26.8 Å². The molecule has 0 aliphatic heterocycles. The molecule has 2 aromatic heterocycles. The molecule has 0 aliphatic rings. The summed E-state index contributed by atoms with van der Waals surface area (Å²) in [6.07, 6.45) is 1.76. The van der Waals surface area contributed by atoms with Crippen LogP contribution in [-0.2, 0) is 11.3 Å². The number of benzene rings is 2. The maximum atomic E-state index is 13.6. The highest BCUT2D eigenvalue weighted by Gasteiger charge is 2.21. The maximum Gasteiger partial charge on any atom is 0.229 e. The SMILES string of the molecule is COc1cc(F)ccc1-c1cccc(Cn2cnc3ccc(NC(=O)C(C)(C)C)cc32)n1. The molecule has 0 radical (unpaired) electrons. The van der Waals surface area contributed by atoms with Crippen molar-refractivity contribution in [3.8, 4) is 17.0 Å². The molecule has 0 bridgehead atoms. The minimum absolute atomic E-state index is 0.0504. The van der Waals surface area contributed by atoms with Gasteiger partial charge in [-0.3, -0.25) is 9.78 Å². The fraction of sp³-hybridized carbons (Fsp3) is 0.240. The second-order valence-electron chi connectivity index (χ2n) is 8.64. The van der Waals surface area contributed by atoms with E-state index >= 15 is 0 Å². The van der Waals surface area contributed by atoms with Gasteiger partial charge >= 0.3 is 0 Å². The molecule has 0 fully saturated rings. The van der Waals surface area contributed by atoms with Gasteiger partial charge in [-0.05, 0) is 42.5 Å². The van der Waals surface area contributed by atoms with Crippen LogP contribution in [0.25, 0.3) is 22.3 Å². The lowest BCUT2D eigenvalue weighted by Gasteiger charge is -2.17. The van der Waals surface area contributed by atoms with E-state index < -0.39 is 5.41 Å². The van der Waals surface area contributed by atoms with E-state index in [4.69, 9.17) is 9.72 Å². The molecular weight excluding hydrogens is 407 g/mol. The molecule has 0 atom stereocenters. The first-order valence-corrected chi connectivity index (χ1v) is 10.3. The summed E-state index contributed by atoms with van der Waals surface area (Å²) in [7, 11) is 1.51. The number of carbonyl (C=O) groups excluding carboxylic acids is 1. The summed E-state index contributed by atoms with van der Waals surface area (Å²) in [5, 5.41) is 2.96. The minimum Gasteiger partial charge on any atom is -0.496 e. The summed E-state index contributed by atoms with van der Waals surface area (Å²) in [6, 6.07) is 15.8. The first-order valence-electron chi connectivity index (χ1n) is 10.3. The number of rotatable bonds is 5. The van der Waals surface area contributed by atoms with Gasteiger partial charge in [0, 0.05) is 22.7 Å². The molecule has 0 saturated carbocycles. The first-order chi connectivity index (χ1) is 15.2. The van der Waals surface area contributed by atoms with Crippen molar-refractivity contribution in [2.45, 2.75) is 27.3 Å². The van der Waals surface area contributed by atoms with Crippen molar-refractivity contribution >= 4 is 22.6 Å². The molecule has 4 rings (SSSR count). The third-order valence-electron chi connectivity index (χ3n) is 5.14. The van der Waals surface area contributed by atoms with Gasteiger partial charge in [-0.15, -0.1) is 0 Å². The summed E-state index contributed by atoms with van der Waals surface area (Å²) in [6.45, 7) is 6.12. The molecule has 1 amide bonds. The summed E-state index contributed by atoms with van der Waals surface area (Å²) in [4.78, 5) is 21.6. The van der Waals surface area contributed by atoms with Crippen LogP contribution in [0, 0.1) is 11.2 Å². The smallest absolute Gasteiger partial charge is 0.229 e. The molecule has 0 aliphatic carbocycles. The van der Waals surface area contributed by atoms with Crippen LogP contribution in [0.4, 0.5) is 10.1 Å². The molecule has 7 heteroatoms. The molecule has 0 spiro atoms. The molecule has 6 nitrogen and oxygen atoms in total. The maximum absolute atomic E-state index is 13.6. The average molecular weight is 432 g/mol. The Hall–Kier alpha value is -3.74. The number of imidazole rings is 1. The predicted molar refractivity (Wildman–Crippen MR) is 123 cm³/mol. The largest absolute Gasteiger partial charge is 0.496 e. The van der Waals surface area contributed by atoms with Crippen molar-refractivity contribution in [3.63, 3.8) is 0 Å². The molecule has 164 valence electrons. The lowest BCUT2D eigenvalue weighted by atomic mass is 9.95. The third kappa shape index (κ3) is 4.46. The van der Waals surface area contributed by atoms with E-state index in [-0.39, 0.29) is 11.7 Å². The van der Waals surface area contributed by atoms with Gasteiger partial charge in [0.25, 0.3) is 0 Å². The van der Waals surface area contributed by atoms with Gasteiger partial charge in [-0.25, -0.2) is 9.37 Å². The molecule has 32 heavy (non-hydrogen) atoms. The average Bonchev–Trinajstić information content (AvgIpc) is 3.15. The van der Waals surface area contributed by atoms with Crippen LogP contribution >= 0.6 is 0 Å². The highest BCUT2D eigenvalue weighted by Crippen LogP contribution is 2.29. The van der Waals surface area contributed by atoms with Crippen molar-refractivity contribution < 1.29 is 13.9 Å². The zero-order chi connectivity index (χ0) is 22.9. The van der Waals surface area contributed by atoms with E-state index in [0.29, 0.717) is 18.0 Å². The second kappa shape index (κ2) is 8.42. The summed E-state index contributed by atoms with van der Waals surface area (Å²) in [5.41, 5.74) is 4.19. The van der Waals surface area contributed by atoms with Gasteiger partial charge in [0.1, 0.15) is 11.6 Å². The van der Waals surface area contributed by atoms with Gasteiger partial charge < -0.3 is 14.6 Å². The van der Waals surface area contributed by atoms with E-state index in [1.807, 2.05) is 61.7 Å². The fourth-order valence-electron chi connectivity index (χ4n) is 3.35. The van der Waals surface area contributed by atoms with E-state index in [9.17, 15) is 9.18 Å². The number of hydrogen-bond donors (Lipinski definition) is 1. The van der Waals surface area contributed by atoms with Crippen molar-refractivity contribution in [2.75, 3.05) is 12.4 Å². The molecule has 4 aromatic rings. The predicted octanol–water partition coefficient (Wildman–Crippen LogP) is 5.28. The number of hydrogen-bond acceptors (Lipinski definition) is 4. The minimum atomic E-state index is -0.485. The fourth-order valence-corrected chi connectivity index (χ4v) is 3.35. The Labute approximate surface area is 186 Å². The van der Waals surface area contributed by atoms with Crippen molar-refractivity contribution in [2.24, 2.45) is 5.41 Å². The van der Waals surface area contributed by atoms with Crippen LogP contribution in [-0.4, -0.2) is 27.6 Å². The number of methoxy groups -OCH3 is 1. The molecule has 0 unspecified atom stereocenters. The first kappa shape index (κ1) is 21.5. The quantitative estimate of drug-likeness (QED) is 0.466. The Morgan fingerprint density at radius 1 is 1.12 bits per heavy atom. The molecule has 2 heterocycles. The van der Waals surface area contributed by atoms with E-state index in [2.05, 4.69) is 10.3 Å². The number of halogens is 1. The number of anilines is 1. The summed E-state index contributed by atoms with van der Waals surface area (Å²) < 4.78 is 20.9. The number of pyridine rings is 1. The van der Waals surface area contributed by atoms with Crippen LogP contribution < -0.4 is 10.1 Å². The zero-order valence-electron chi connectivity index (χ0n) is 18.5. The standard InChI is InChI=1S/C25H25FN4O2/c1-25(2,3)24(31)29-17-9-11-21-22(13-17)30(15-27-21)14-18-6-5-7-20(28-18)19-10-8-16(26)12-23(19)32-4/h5-13,15H,14H2,1-4H3,(H,29,31). The number of carbonyl (C=O) groups is 1. The third-order valence-corrected chi connectivity index (χ3v) is 5.14. The van der Waals surface area contributed by atoms with Gasteiger partial charge in [0.2, 0.25) is 5.91 Å². The summed E-state index contributed by atoms with van der Waals surface area (Å²) in [5.74, 6) is 0.0217. The van der Waals surface area contributed by atoms with Gasteiger partial charge in [0.15, 0.2) is 0 Å². The monoisotopic (exact) mass is 432 g/mol. The van der Waals surface area contributed by atoms with E-state index in [1.54, 1.807) is 12.4 Å². The Balaban J connectivity index is 1.63. The second-order valence-corrected chi connectivity index (χ2v) is 8.64. The number of fused-ring (bicyclic) bond motifs is 1. The van der Waals surface area contributed by atoms with Crippen LogP contribution in [0.2, 0.25) is 0 Å². The van der Waals surface area contributed by atoms with Gasteiger partial charge in [-0.2, -0.15) is 0 Å². The Morgan fingerprint density at radius 2 is 1.94 bits per heavy atom. The van der Waals surface area contributed by atoms with Gasteiger partial charge in [0.05, 0.1) is 42.4 Å². The molecule has 2 aromatic carbocycles. The lowest BCUT2D eigenvalue weighted by molar-refractivity contribution is -0.123. The Morgan fingerprint density at radius 3 is 2.69 bits per heavy atom. The van der Waals surface area contributed by atoms with Crippen LogP contribution in [0.15, 0.2) is 60.9 Å². The number of aromatic nitrogens is 3.